The van der Waals surface area contributed by atoms with Gasteiger partial charge in [0.05, 0.1) is 18.0 Å². The highest BCUT2D eigenvalue weighted by atomic mass is 16.3. The number of aliphatic hydroxyl groups excluding tert-OH is 1. The molecule has 1 atom stereocenters. The van der Waals surface area contributed by atoms with E-state index in [9.17, 15) is 9.90 Å². The Morgan fingerprint density at radius 2 is 2.10 bits per heavy atom. The summed E-state index contributed by atoms with van der Waals surface area (Å²) in [6.45, 7) is 6.92. The van der Waals surface area contributed by atoms with Crippen molar-refractivity contribution in [2.45, 2.75) is 46.3 Å². The number of aryl methyl sites for hydroxylation is 1. The average molecular weight is 288 g/mol. The van der Waals surface area contributed by atoms with E-state index in [-0.39, 0.29) is 18.2 Å². The number of carbonyl (C=O) groups is 1. The molecule has 0 bridgehead atoms. The molecule has 4 nitrogen and oxygen atoms in total. The second-order valence-electron chi connectivity index (χ2n) is 5.85. The van der Waals surface area contributed by atoms with Gasteiger partial charge in [-0.15, -0.1) is 0 Å². The Balaban J connectivity index is 2.11. The number of amides is 1. The predicted octanol–water partition coefficient (Wildman–Crippen LogP) is 3.40. The third kappa shape index (κ3) is 3.85. The Bertz CT molecular complexity index is 616. The van der Waals surface area contributed by atoms with E-state index in [1.54, 1.807) is 0 Å². The monoisotopic (exact) mass is 288 g/mol. The summed E-state index contributed by atoms with van der Waals surface area (Å²) < 4.78 is 2.19. The predicted molar refractivity (Wildman–Crippen MR) is 86.3 cm³/mol. The van der Waals surface area contributed by atoms with Gasteiger partial charge < -0.3 is 15.0 Å². The van der Waals surface area contributed by atoms with Crippen molar-refractivity contribution in [3.63, 3.8) is 0 Å². The molecule has 114 valence electrons. The van der Waals surface area contributed by atoms with Crippen LogP contribution in [-0.4, -0.2) is 21.7 Å². The van der Waals surface area contributed by atoms with E-state index >= 15 is 0 Å². The third-order valence-electron chi connectivity index (χ3n) is 3.69. The Kier molecular flexibility index (Phi) is 5.02. The van der Waals surface area contributed by atoms with Crippen LogP contribution in [0.25, 0.3) is 10.9 Å². The molecule has 0 saturated heterocycles. The average Bonchev–Trinajstić information content (AvgIpc) is 2.82. The summed E-state index contributed by atoms with van der Waals surface area (Å²) in [5.41, 5.74) is 1.90. The van der Waals surface area contributed by atoms with Crippen LogP contribution in [0.5, 0.6) is 0 Å². The molecule has 21 heavy (non-hydrogen) atoms. The van der Waals surface area contributed by atoms with Gasteiger partial charge in [0, 0.05) is 18.4 Å². The number of hydrogen-bond acceptors (Lipinski definition) is 2. The second-order valence-corrected chi connectivity index (χ2v) is 5.85. The molecule has 2 N–H and O–H groups in total. The van der Waals surface area contributed by atoms with Crippen molar-refractivity contribution in [3.05, 3.63) is 30.5 Å². The number of nitrogens with zero attached hydrogens (tertiary/aromatic N) is 1. The fourth-order valence-electron chi connectivity index (χ4n) is 2.34. The van der Waals surface area contributed by atoms with Crippen LogP contribution in [0.4, 0.5) is 5.69 Å². The van der Waals surface area contributed by atoms with Crippen molar-refractivity contribution in [2.75, 3.05) is 5.32 Å². The molecular formula is C17H24N2O2. The lowest BCUT2D eigenvalue weighted by Gasteiger charge is -2.14. The molecule has 1 heterocycles. The minimum absolute atomic E-state index is 0.0833. The highest BCUT2D eigenvalue weighted by Gasteiger charge is 2.14. The molecule has 2 rings (SSSR count). The van der Waals surface area contributed by atoms with E-state index in [1.807, 2.05) is 32.0 Å². The maximum Gasteiger partial charge on any atom is 0.226 e. The number of nitrogens with one attached hydrogen (secondary N) is 1. The molecule has 2 aromatic rings. The molecule has 0 aliphatic heterocycles. The van der Waals surface area contributed by atoms with Crippen molar-refractivity contribution in [1.29, 1.82) is 0 Å². The van der Waals surface area contributed by atoms with Crippen LogP contribution >= 0.6 is 0 Å². The van der Waals surface area contributed by atoms with E-state index < -0.39 is 6.10 Å². The molecule has 0 aliphatic rings. The van der Waals surface area contributed by atoms with Crippen molar-refractivity contribution < 1.29 is 9.90 Å². The van der Waals surface area contributed by atoms with Crippen LogP contribution in [0.2, 0.25) is 0 Å². The molecule has 1 aromatic heterocycles. The van der Waals surface area contributed by atoms with E-state index in [1.165, 1.54) is 5.39 Å². The Morgan fingerprint density at radius 3 is 2.76 bits per heavy atom. The van der Waals surface area contributed by atoms with E-state index in [0.717, 1.165) is 24.2 Å². The topological polar surface area (TPSA) is 54.3 Å². The van der Waals surface area contributed by atoms with Crippen molar-refractivity contribution in [3.8, 4) is 0 Å². The minimum atomic E-state index is -0.599. The zero-order valence-corrected chi connectivity index (χ0v) is 13.0. The van der Waals surface area contributed by atoms with Gasteiger partial charge >= 0.3 is 0 Å². The lowest BCUT2D eigenvalue weighted by molar-refractivity contribution is -0.118. The molecule has 0 radical (unpaired) electrons. The van der Waals surface area contributed by atoms with Gasteiger partial charge in [-0.2, -0.15) is 0 Å². The third-order valence-corrected chi connectivity index (χ3v) is 3.69. The fourth-order valence-corrected chi connectivity index (χ4v) is 2.34. The molecular weight excluding hydrogens is 264 g/mol. The first kappa shape index (κ1) is 15.6. The van der Waals surface area contributed by atoms with Crippen molar-refractivity contribution in [2.24, 2.45) is 5.92 Å². The van der Waals surface area contributed by atoms with Gasteiger partial charge in [0.25, 0.3) is 0 Å². The molecule has 4 heteroatoms. The molecule has 0 spiro atoms. The lowest BCUT2D eigenvalue weighted by atomic mass is 10.0. The van der Waals surface area contributed by atoms with Gasteiger partial charge in [0.1, 0.15) is 0 Å². The summed E-state index contributed by atoms with van der Waals surface area (Å²) in [6.07, 6.45) is 2.67. The minimum Gasteiger partial charge on any atom is -0.392 e. The van der Waals surface area contributed by atoms with Gasteiger partial charge in [0.15, 0.2) is 0 Å². The number of aromatic nitrogens is 1. The number of aliphatic hydroxyl groups is 1. The highest BCUT2D eigenvalue weighted by Crippen LogP contribution is 2.21. The van der Waals surface area contributed by atoms with E-state index in [2.05, 4.69) is 29.1 Å². The normalized spacial score (nSPS) is 12.8. The molecule has 1 aromatic carbocycles. The summed E-state index contributed by atoms with van der Waals surface area (Å²) >= 11 is 0. The summed E-state index contributed by atoms with van der Waals surface area (Å²) in [6, 6.07) is 7.98. The molecule has 0 aliphatic carbocycles. The first-order valence-electron chi connectivity index (χ1n) is 7.58. The summed E-state index contributed by atoms with van der Waals surface area (Å²) in [5, 5.41) is 13.8. The number of rotatable bonds is 6. The zero-order chi connectivity index (χ0) is 15.4. The van der Waals surface area contributed by atoms with Gasteiger partial charge in [-0.25, -0.2) is 0 Å². The summed E-state index contributed by atoms with van der Waals surface area (Å²) in [5.74, 6) is -0.0656. The first-order chi connectivity index (χ1) is 10.0. The number of benzene rings is 1. The van der Waals surface area contributed by atoms with Gasteiger partial charge in [-0.05, 0) is 35.9 Å². The molecule has 1 unspecified atom stereocenters. The van der Waals surface area contributed by atoms with Crippen LogP contribution in [0.3, 0.4) is 0 Å². The van der Waals surface area contributed by atoms with Gasteiger partial charge in [0.2, 0.25) is 5.91 Å². The van der Waals surface area contributed by atoms with Gasteiger partial charge in [-0.1, -0.05) is 26.8 Å². The zero-order valence-electron chi connectivity index (χ0n) is 13.0. The second kappa shape index (κ2) is 6.76. The Hall–Kier alpha value is -1.81. The van der Waals surface area contributed by atoms with Crippen molar-refractivity contribution in [1.82, 2.24) is 4.57 Å². The van der Waals surface area contributed by atoms with Crippen LogP contribution in [0.1, 0.15) is 33.6 Å². The maximum atomic E-state index is 11.9. The number of anilines is 1. The van der Waals surface area contributed by atoms with Crippen LogP contribution in [0.15, 0.2) is 30.5 Å². The first-order valence-corrected chi connectivity index (χ1v) is 7.58. The lowest BCUT2D eigenvalue weighted by Crippen LogP contribution is -2.23. The standard InChI is InChI=1S/C17H24N2O2/c1-4-8-19-9-7-13-5-6-14(10-15(13)19)18-17(21)11-16(20)12(2)3/h5-7,9-10,12,16,20H,4,8,11H2,1-3H3,(H,18,21). The van der Waals surface area contributed by atoms with Crippen LogP contribution in [-0.2, 0) is 11.3 Å². The fraction of sp³-hybridized carbons (Fsp3) is 0.471. The SMILES string of the molecule is CCCn1ccc2ccc(NC(=O)CC(O)C(C)C)cc21. The number of hydrogen-bond donors (Lipinski definition) is 2. The van der Waals surface area contributed by atoms with Crippen LogP contribution in [0, 0.1) is 5.92 Å². The van der Waals surface area contributed by atoms with Crippen LogP contribution < -0.4 is 5.32 Å². The molecule has 0 fully saturated rings. The molecule has 1 amide bonds. The van der Waals surface area contributed by atoms with Gasteiger partial charge in [-0.3, -0.25) is 4.79 Å². The Labute approximate surface area is 125 Å². The summed E-state index contributed by atoms with van der Waals surface area (Å²) in [4.78, 5) is 11.9. The largest absolute Gasteiger partial charge is 0.392 e. The summed E-state index contributed by atoms with van der Waals surface area (Å²) in [7, 11) is 0. The smallest absolute Gasteiger partial charge is 0.226 e. The highest BCUT2D eigenvalue weighted by molar-refractivity contribution is 5.94. The van der Waals surface area contributed by atoms with E-state index in [4.69, 9.17) is 0 Å². The quantitative estimate of drug-likeness (QED) is 0.856. The molecule has 0 saturated carbocycles. The number of carbonyl (C=O) groups excluding carboxylic acids is 1. The number of fused-ring (bicyclic) bond motifs is 1. The maximum absolute atomic E-state index is 11.9. The van der Waals surface area contributed by atoms with Crippen molar-refractivity contribution >= 4 is 22.5 Å². The Morgan fingerprint density at radius 1 is 1.33 bits per heavy atom. The van der Waals surface area contributed by atoms with E-state index in [0.29, 0.717) is 0 Å².